The highest BCUT2D eigenvalue weighted by Crippen LogP contribution is 2.09. The zero-order valence-corrected chi connectivity index (χ0v) is 13.1. The van der Waals surface area contributed by atoms with Crippen LogP contribution in [-0.4, -0.2) is 61.1 Å². The summed E-state index contributed by atoms with van der Waals surface area (Å²) in [4.78, 5) is 27.1. The number of anilines is 1. The second-order valence-electron chi connectivity index (χ2n) is 5.11. The highest BCUT2D eigenvalue weighted by Gasteiger charge is 2.24. The summed E-state index contributed by atoms with van der Waals surface area (Å²) >= 11 is 0. The van der Waals surface area contributed by atoms with E-state index in [1.807, 2.05) is 6.07 Å². The fourth-order valence-electron chi connectivity index (χ4n) is 2.31. The normalized spacial score (nSPS) is 14.1. The molecule has 2 amide bonds. The van der Waals surface area contributed by atoms with Gasteiger partial charge in [-0.25, -0.2) is 4.79 Å². The predicted octanol–water partition coefficient (Wildman–Crippen LogP) is 1.27. The predicted molar refractivity (Wildman–Crippen MR) is 84.8 cm³/mol. The molecular weight excluding hydrogens is 296 g/mol. The SMILES string of the molecule is CCOC(=O)N1CCN(C(=O)CNc2ccc(C#N)cc2)CC1. The van der Waals surface area contributed by atoms with Gasteiger partial charge < -0.3 is 19.9 Å². The Hall–Kier alpha value is -2.75. The molecule has 1 saturated heterocycles. The molecule has 1 aromatic carbocycles. The van der Waals surface area contributed by atoms with Crippen LogP contribution in [0.5, 0.6) is 0 Å². The Balaban J connectivity index is 1.76. The number of hydrogen-bond donors (Lipinski definition) is 1. The van der Waals surface area contributed by atoms with Crippen molar-refractivity contribution in [1.29, 1.82) is 5.26 Å². The summed E-state index contributed by atoms with van der Waals surface area (Å²) in [6, 6.07) is 8.98. The number of nitriles is 1. The summed E-state index contributed by atoms with van der Waals surface area (Å²) in [6.07, 6.45) is -0.324. The van der Waals surface area contributed by atoms with E-state index in [-0.39, 0.29) is 18.5 Å². The number of piperazine rings is 1. The van der Waals surface area contributed by atoms with E-state index in [2.05, 4.69) is 5.32 Å². The number of nitrogens with zero attached hydrogens (tertiary/aromatic N) is 3. The van der Waals surface area contributed by atoms with Crippen molar-refractivity contribution in [2.75, 3.05) is 44.6 Å². The Kier molecular flexibility index (Phi) is 5.80. The number of rotatable bonds is 4. The van der Waals surface area contributed by atoms with Crippen molar-refractivity contribution in [3.63, 3.8) is 0 Å². The molecule has 0 unspecified atom stereocenters. The van der Waals surface area contributed by atoms with Crippen LogP contribution in [0, 0.1) is 11.3 Å². The van der Waals surface area contributed by atoms with Gasteiger partial charge in [0.2, 0.25) is 5.91 Å². The Labute approximate surface area is 135 Å². The average molecular weight is 316 g/mol. The maximum atomic E-state index is 12.2. The van der Waals surface area contributed by atoms with E-state index in [1.54, 1.807) is 41.0 Å². The van der Waals surface area contributed by atoms with Gasteiger partial charge in [-0.1, -0.05) is 0 Å². The van der Waals surface area contributed by atoms with Gasteiger partial charge in [-0.15, -0.1) is 0 Å². The van der Waals surface area contributed by atoms with E-state index in [4.69, 9.17) is 10.00 Å². The van der Waals surface area contributed by atoms with Crippen LogP contribution in [0.4, 0.5) is 10.5 Å². The first kappa shape index (κ1) is 16.6. The van der Waals surface area contributed by atoms with Gasteiger partial charge in [-0.3, -0.25) is 4.79 Å². The van der Waals surface area contributed by atoms with Crippen molar-refractivity contribution in [2.24, 2.45) is 0 Å². The lowest BCUT2D eigenvalue weighted by Gasteiger charge is -2.34. The molecule has 1 aliphatic heterocycles. The van der Waals surface area contributed by atoms with Crippen molar-refractivity contribution >= 4 is 17.7 Å². The Morgan fingerprint density at radius 3 is 2.35 bits per heavy atom. The molecule has 0 aromatic heterocycles. The highest BCUT2D eigenvalue weighted by molar-refractivity contribution is 5.81. The Morgan fingerprint density at radius 1 is 1.17 bits per heavy atom. The average Bonchev–Trinajstić information content (AvgIpc) is 2.60. The number of amides is 2. The first-order valence-electron chi connectivity index (χ1n) is 7.57. The molecule has 7 heteroatoms. The maximum Gasteiger partial charge on any atom is 0.409 e. The van der Waals surface area contributed by atoms with Crippen LogP contribution < -0.4 is 5.32 Å². The quantitative estimate of drug-likeness (QED) is 0.904. The van der Waals surface area contributed by atoms with Crippen molar-refractivity contribution in [2.45, 2.75) is 6.92 Å². The fraction of sp³-hybridized carbons (Fsp3) is 0.438. The molecule has 1 N–H and O–H groups in total. The molecule has 0 radical (unpaired) electrons. The lowest BCUT2D eigenvalue weighted by atomic mass is 10.2. The van der Waals surface area contributed by atoms with E-state index < -0.39 is 0 Å². The molecule has 23 heavy (non-hydrogen) atoms. The van der Waals surface area contributed by atoms with Gasteiger partial charge in [-0.05, 0) is 31.2 Å². The monoisotopic (exact) mass is 316 g/mol. The topological polar surface area (TPSA) is 85.7 Å². The number of carbonyl (C=O) groups is 2. The van der Waals surface area contributed by atoms with Gasteiger partial charge in [0.05, 0.1) is 24.8 Å². The number of carbonyl (C=O) groups excluding carboxylic acids is 2. The third-order valence-corrected chi connectivity index (χ3v) is 3.62. The van der Waals surface area contributed by atoms with Crippen LogP contribution >= 0.6 is 0 Å². The van der Waals surface area contributed by atoms with Gasteiger partial charge in [-0.2, -0.15) is 5.26 Å². The van der Waals surface area contributed by atoms with Crippen LogP contribution in [0.1, 0.15) is 12.5 Å². The second kappa shape index (κ2) is 8.03. The van der Waals surface area contributed by atoms with E-state index in [1.165, 1.54) is 0 Å². The molecular formula is C16H20N4O3. The highest BCUT2D eigenvalue weighted by atomic mass is 16.6. The van der Waals surface area contributed by atoms with E-state index in [0.29, 0.717) is 38.3 Å². The number of hydrogen-bond acceptors (Lipinski definition) is 5. The molecule has 1 fully saturated rings. The minimum atomic E-state index is -0.324. The lowest BCUT2D eigenvalue weighted by Crippen LogP contribution is -2.51. The van der Waals surface area contributed by atoms with E-state index in [0.717, 1.165) is 5.69 Å². The first-order valence-corrected chi connectivity index (χ1v) is 7.57. The smallest absolute Gasteiger partial charge is 0.409 e. The molecule has 1 heterocycles. The Morgan fingerprint density at radius 2 is 1.78 bits per heavy atom. The van der Waals surface area contributed by atoms with Gasteiger partial charge in [0, 0.05) is 31.9 Å². The molecule has 0 bridgehead atoms. The number of nitrogens with one attached hydrogen (secondary N) is 1. The number of ether oxygens (including phenoxy) is 1. The van der Waals surface area contributed by atoms with Gasteiger partial charge in [0.25, 0.3) is 0 Å². The van der Waals surface area contributed by atoms with Crippen LogP contribution in [0.2, 0.25) is 0 Å². The fourth-order valence-corrected chi connectivity index (χ4v) is 2.31. The van der Waals surface area contributed by atoms with Crippen molar-refractivity contribution in [3.05, 3.63) is 29.8 Å². The summed E-state index contributed by atoms with van der Waals surface area (Å²) in [5, 5.41) is 11.8. The van der Waals surface area contributed by atoms with Gasteiger partial charge in [0.1, 0.15) is 0 Å². The summed E-state index contributed by atoms with van der Waals surface area (Å²) in [5.74, 6) is -0.0159. The third kappa shape index (κ3) is 4.61. The van der Waals surface area contributed by atoms with Crippen LogP contribution in [0.25, 0.3) is 0 Å². The summed E-state index contributed by atoms with van der Waals surface area (Å²) in [5.41, 5.74) is 1.37. The molecule has 0 atom stereocenters. The zero-order valence-electron chi connectivity index (χ0n) is 13.1. The molecule has 0 saturated carbocycles. The lowest BCUT2D eigenvalue weighted by molar-refractivity contribution is -0.130. The first-order chi connectivity index (χ1) is 11.1. The molecule has 1 aromatic rings. The van der Waals surface area contributed by atoms with Crippen molar-refractivity contribution in [3.8, 4) is 6.07 Å². The number of benzene rings is 1. The second-order valence-corrected chi connectivity index (χ2v) is 5.11. The van der Waals surface area contributed by atoms with E-state index in [9.17, 15) is 9.59 Å². The van der Waals surface area contributed by atoms with Crippen molar-refractivity contribution in [1.82, 2.24) is 9.80 Å². The summed E-state index contributed by atoms with van der Waals surface area (Å²) in [6.45, 7) is 4.30. The summed E-state index contributed by atoms with van der Waals surface area (Å²) in [7, 11) is 0. The van der Waals surface area contributed by atoms with Crippen LogP contribution in [0.3, 0.4) is 0 Å². The molecule has 7 nitrogen and oxygen atoms in total. The molecule has 2 rings (SSSR count). The Bertz CT molecular complexity index is 586. The van der Waals surface area contributed by atoms with E-state index >= 15 is 0 Å². The third-order valence-electron chi connectivity index (χ3n) is 3.62. The summed E-state index contributed by atoms with van der Waals surface area (Å²) < 4.78 is 4.95. The van der Waals surface area contributed by atoms with Gasteiger partial charge >= 0.3 is 6.09 Å². The minimum absolute atomic E-state index is 0.0159. The van der Waals surface area contributed by atoms with Gasteiger partial charge in [0.15, 0.2) is 0 Å². The molecule has 0 aliphatic carbocycles. The molecule has 122 valence electrons. The zero-order chi connectivity index (χ0) is 16.7. The molecule has 0 spiro atoms. The molecule has 1 aliphatic rings. The standard InChI is InChI=1S/C16H20N4O3/c1-2-23-16(22)20-9-7-19(8-10-20)15(21)12-18-14-5-3-13(11-17)4-6-14/h3-6,18H,2,7-10,12H2,1H3. The minimum Gasteiger partial charge on any atom is -0.450 e. The van der Waals surface area contributed by atoms with Crippen LogP contribution in [0.15, 0.2) is 24.3 Å². The van der Waals surface area contributed by atoms with Crippen LogP contribution in [-0.2, 0) is 9.53 Å². The van der Waals surface area contributed by atoms with Crippen molar-refractivity contribution < 1.29 is 14.3 Å². The largest absolute Gasteiger partial charge is 0.450 e. The maximum absolute atomic E-state index is 12.2.